The van der Waals surface area contributed by atoms with Crippen LogP contribution in [0.1, 0.15) is 17.1 Å². The Balaban J connectivity index is 2.06. The van der Waals surface area contributed by atoms with Crippen molar-refractivity contribution in [2.24, 2.45) is 0 Å². The molecule has 0 bridgehead atoms. The summed E-state index contributed by atoms with van der Waals surface area (Å²) in [4.78, 5) is 5.32. The number of pyridine rings is 1. The smallest absolute Gasteiger partial charge is 0.113 e. The van der Waals surface area contributed by atoms with Crippen molar-refractivity contribution in [3.8, 4) is 0 Å². The number of nitrogens with zero attached hydrogens (tertiary/aromatic N) is 1. The van der Waals surface area contributed by atoms with Crippen molar-refractivity contribution in [3.63, 3.8) is 0 Å². The van der Waals surface area contributed by atoms with Gasteiger partial charge < -0.3 is 9.52 Å². The molecule has 4 heteroatoms. The summed E-state index contributed by atoms with van der Waals surface area (Å²) in [6.45, 7) is 1.91. The van der Waals surface area contributed by atoms with Crippen molar-refractivity contribution in [3.05, 3.63) is 47.7 Å². The van der Waals surface area contributed by atoms with Gasteiger partial charge in [-0.25, -0.2) is 0 Å². The minimum Gasteiger partial charge on any atom is -0.468 e. The zero-order valence-electron chi connectivity index (χ0n) is 9.01. The fraction of sp³-hybridized carbons (Fsp3) is 0.250. The second-order valence-electron chi connectivity index (χ2n) is 3.46. The number of aliphatic hydroxyl groups excluding tert-OH is 1. The molecule has 0 aliphatic carbocycles. The van der Waals surface area contributed by atoms with Gasteiger partial charge in [0.2, 0.25) is 0 Å². The maximum absolute atomic E-state index is 9.05. The number of aromatic nitrogens is 1. The minimum atomic E-state index is -0.0179. The Bertz CT molecular complexity index is 454. The summed E-state index contributed by atoms with van der Waals surface area (Å²) in [5, 5.41) is 9.05. The average molecular weight is 235 g/mol. The van der Waals surface area contributed by atoms with Gasteiger partial charge in [-0.05, 0) is 31.2 Å². The van der Waals surface area contributed by atoms with Crippen LogP contribution in [0.2, 0.25) is 0 Å². The molecule has 2 aromatic rings. The molecule has 0 aliphatic rings. The van der Waals surface area contributed by atoms with Crippen LogP contribution < -0.4 is 0 Å². The van der Waals surface area contributed by atoms with Crippen LogP contribution in [0.3, 0.4) is 0 Å². The number of aliphatic hydroxyl groups is 1. The van der Waals surface area contributed by atoms with E-state index < -0.39 is 0 Å². The summed E-state index contributed by atoms with van der Waals surface area (Å²) in [6.07, 6.45) is 1.67. The van der Waals surface area contributed by atoms with Crippen LogP contribution in [0.15, 0.2) is 39.8 Å². The molecule has 0 aromatic carbocycles. The number of rotatable bonds is 4. The van der Waals surface area contributed by atoms with Crippen LogP contribution in [0.5, 0.6) is 0 Å². The van der Waals surface area contributed by atoms with E-state index in [9.17, 15) is 0 Å². The highest BCUT2D eigenvalue weighted by molar-refractivity contribution is 7.98. The van der Waals surface area contributed by atoms with Crippen molar-refractivity contribution in [1.82, 2.24) is 4.98 Å². The monoisotopic (exact) mass is 235 g/mol. The van der Waals surface area contributed by atoms with Crippen LogP contribution in [-0.2, 0) is 12.4 Å². The van der Waals surface area contributed by atoms with E-state index in [0.717, 1.165) is 22.1 Å². The molecule has 0 saturated heterocycles. The molecule has 0 saturated carbocycles. The molecule has 0 spiro atoms. The molecule has 3 nitrogen and oxygen atoms in total. The van der Waals surface area contributed by atoms with E-state index in [1.165, 1.54) is 0 Å². The zero-order chi connectivity index (χ0) is 11.4. The topological polar surface area (TPSA) is 46.3 Å². The third kappa shape index (κ3) is 2.87. The fourth-order valence-corrected chi connectivity index (χ4v) is 2.36. The summed E-state index contributed by atoms with van der Waals surface area (Å²) in [5.74, 6) is 1.74. The predicted molar refractivity (Wildman–Crippen MR) is 63.2 cm³/mol. The standard InChI is InChI=1S/C12H13NO2S/c1-9-5-12(6-10(7-14)13-9)16-8-11-3-2-4-15-11/h2-6,14H,7-8H2,1H3. The minimum absolute atomic E-state index is 0.0179. The van der Waals surface area contributed by atoms with Gasteiger partial charge in [0.05, 0.1) is 24.3 Å². The molecule has 0 unspecified atom stereocenters. The van der Waals surface area contributed by atoms with Gasteiger partial charge in [-0.2, -0.15) is 0 Å². The lowest BCUT2D eigenvalue weighted by atomic mass is 10.3. The molecule has 0 amide bonds. The first-order chi connectivity index (χ1) is 7.78. The third-order valence-corrected chi connectivity index (χ3v) is 3.10. The first-order valence-electron chi connectivity index (χ1n) is 5.01. The number of hydrogen-bond acceptors (Lipinski definition) is 4. The molecule has 16 heavy (non-hydrogen) atoms. The first-order valence-corrected chi connectivity index (χ1v) is 6.00. The van der Waals surface area contributed by atoms with Gasteiger partial charge in [-0.1, -0.05) is 0 Å². The Hall–Kier alpha value is -1.26. The van der Waals surface area contributed by atoms with E-state index in [4.69, 9.17) is 9.52 Å². The van der Waals surface area contributed by atoms with Gasteiger partial charge in [0, 0.05) is 10.6 Å². The lowest BCUT2D eigenvalue weighted by Crippen LogP contribution is -1.92. The largest absolute Gasteiger partial charge is 0.468 e. The Morgan fingerprint density at radius 1 is 1.44 bits per heavy atom. The average Bonchev–Trinajstić information content (AvgIpc) is 2.78. The van der Waals surface area contributed by atoms with Gasteiger partial charge in [0.15, 0.2) is 0 Å². The van der Waals surface area contributed by atoms with Crippen LogP contribution >= 0.6 is 11.8 Å². The number of furan rings is 1. The van der Waals surface area contributed by atoms with Gasteiger partial charge in [0.25, 0.3) is 0 Å². The maximum atomic E-state index is 9.05. The van der Waals surface area contributed by atoms with Crippen molar-refractivity contribution in [2.45, 2.75) is 24.2 Å². The van der Waals surface area contributed by atoms with E-state index in [2.05, 4.69) is 4.98 Å². The van der Waals surface area contributed by atoms with E-state index in [-0.39, 0.29) is 6.61 Å². The highest BCUT2D eigenvalue weighted by atomic mass is 32.2. The fourth-order valence-electron chi connectivity index (χ4n) is 1.42. The first kappa shape index (κ1) is 11.2. The van der Waals surface area contributed by atoms with Gasteiger partial charge in [-0.3, -0.25) is 4.98 Å². The maximum Gasteiger partial charge on any atom is 0.113 e. The Kier molecular flexibility index (Phi) is 3.64. The molecular weight excluding hydrogens is 222 g/mol. The van der Waals surface area contributed by atoms with Gasteiger partial charge >= 0.3 is 0 Å². The molecule has 2 aromatic heterocycles. The molecule has 0 atom stereocenters. The summed E-state index contributed by atoms with van der Waals surface area (Å²) < 4.78 is 5.26. The Labute approximate surface area is 98.5 Å². The van der Waals surface area contributed by atoms with Crippen molar-refractivity contribution < 1.29 is 9.52 Å². The summed E-state index contributed by atoms with van der Waals surface area (Å²) in [7, 11) is 0. The molecule has 0 aliphatic heterocycles. The second kappa shape index (κ2) is 5.18. The number of thioether (sulfide) groups is 1. The lowest BCUT2D eigenvalue weighted by molar-refractivity contribution is 0.276. The van der Waals surface area contributed by atoms with Gasteiger partial charge in [-0.15, -0.1) is 11.8 Å². The second-order valence-corrected chi connectivity index (χ2v) is 4.51. The van der Waals surface area contributed by atoms with Crippen LogP contribution in [-0.4, -0.2) is 10.1 Å². The molecule has 1 N–H and O–H groups in total. The number of aryl methyl sites for hydroxylation is 1. The van der Waals surface area contributed by atoms with E-state index in [1.54, 1.807) is 18.0 Å². The third-order valence-electron chi connectivity index (χ3n) is 2.10. The van der Waals surface area contributed by atoms with Crippen LogP contribution in [0, 0.1) is 6.92 Å². The normalized spacial score (nSPS) is 10.6. The van der Waals surface area contributed by atoms with Crippen LogP contribution in [0.25, 0.3) is 0 Å². The van der Waals surface area contributed by atoms with E-state index >= 15 is 0 Å². The predicted octanol–water partition coefficient (Wildman–Crippen LogP) is 2.77. The lowest BCUT2D eigenvalue weighted by Gasteiger charge is -2.03. The molecule has 2 heterocycles. The molecular formula is C12H13NO2S. The van der Waals surface area contributed by atoms with Crippen molar-refractivity contribution >= 4 is 11.8 Å². The van der Waals surface area contributed by atoms with Crippen LogP contribution in [0.4, 0.5) is 0 Å². The SMILES string of the molecule is Cc1cc(SCc2ccco2)cc(CO)n1. The molecule has 0 fully saturated rings. The van der Waals surface area contributed by atoms with Crippen molar-refractivity contribution in [1.29, 1.82) is 0 Å². The Morgan fingerprint density at radius 2 is 2.31 bits per heavy atom. The summed E-state index contributed by atoms with van der Waals surface area (Å²) in [5.41, 5.74) is 1.63. The van der Waals surface area contributed by atoms with Crippen molar-refractivity contribution in [2.75, 3.05) is 0 Å². The quantitative estimate of drug-likeness (QED) is 0.828. The highest BCUT2D eigenvalue weighted by Crippen LogP contribution is 2.24. The highest BCUT2D eigenvalue weighted by Gasteiger charge is 2.02. The van der Waals surface area contributed by atoms with E-state index in [1.807, 2.05) is 31.2 Å². The van der Waals surface area contributed by atoms with Gasteiger partial charge in [0.1, 0.15) is 5.76 Å². The zero-order valence-corrected chi connectivity index (χ0v) is 9.83. The van der Waals surface area contributed by atoms with E-state index in [0.29, 0.717) is 5.69 Å². The number of hydrogen-bond donors (Lipinski definition) is 1. The molecule has 2 rings (SSSR count). The summed E-state index contributed by atoms with van der Waals surface area (Å²) in [6, 6.07) is 7.74. The summed E-state index contributed by atoms with van der Waals surface area (Å²) >= 11 is 1.68. The Morgan fingerprint density at radius 3 is 3.00 bits per heavy atom. The molecule has 84 valence electrons. The molecule has 0 radical (unpaired) electrons.